The van der Waals surface area contributed by atoms with Crippen LogP contribution in [0.2, 0.25) is 0 Å². The first-order chi connectivity index (χ1) is 8.29. The lowest BCUT2D eigenvalue weighted by molar-refractivity contribution is 0.998. The van der Waals surface area contributed by atoms with E-state index in [-0.39, 0.29) is 0 Å². The van der Waals surface area contributed by atoms with Gasteiger partial charge in [-0.05, 0) is 30.7 Å². The molecule has 0 atom stereocenters. The van der Waals surface area contributed by atoms with Gasteiger partial charge in [0.05, 0.1) is 16.6 Å². The lowest BCUT2D eigenvalue weighted by atomic mass is 10.1. The molecule has 0 amide bonds. The third-order valence-electron chi connectivity index (χ3n) is 2.50. The number of aromatic nitrogens is 1. The summed E-state index contributed by atoms with van der Waals surface area (Å²) in [7, 11) is 0. The summed E-state index contributed by atoms with van der Waals surface area (Å²) in [6, 6.07) is 7.95. The van der Waals surface area contributed by atoms with Crippen molar-refractivity contribution in [1.82, 2.24) is 4.98 Å². The van der Waals surface area contributed by atoms with E-state index in [4.69, 9.17) is 5.26 Å². The molecule has 0 unspecified atom stereocenters. The molecule has 0 aliphatic heterocycles. The minimum Gasteiger partial charge on any atom is -0.385 e. The van der Waals surface area contributed by atoms with Crippen molar-refractivity contribution in [3.05, 3.63) is 45.9 Å². The molecule has 0 spiro atoms. The van der Waals surface area contributed by atoms with Crippen molar-refractivity contribution in [2.75, 3.05) is 11.9 Å². The highest BCUT2D eigenvalue weighted by molar-refractivity contribution is 7.09. The second-order valence-corrected chi connectivity index (χ2v) is 4.72. The van der Waals surface area contributed by atoms with Crippen LogP contribution in [-0.2, 0) is 6.42 Å². The molecule has 0 bridgehead atoms. The highest BCUT2D eigenvalue weighted by atomic mass is 32.1. The van der Waals surface area contributed by atoms with E-state index in [0.717, 1.165) is 34.8 Å². The quantitative estimate of drug-likeness (QED) is 0.898. The van der Waals surface area contributed by atoms with Crippen molar-refractivity contribution in [1.29, 1.82) is 5.26 Å². The van der Waals surface area contributed by atoms with Crippen LogP contribution >= 0.6 is 11.3 Å². The van der Waals surface area contributed by atoms with Gasteiger partial charge in [-0.1, -0.05) is 0 Å². The minimum atomic E-state index is 0.732. The summed E-state index contributed by atoms with van der Waals surface area (Å²) in [5.41, 5.74) is 2.79. The molecule has 17 heavy (non-hydrogen) atoms. The van der Waals surface area contributed by atoms with E-state index in [1.54, 1.807) is 11.3 Å². The van der Waals surface area contributed by atoms with E-state index >= 15 is 0 Å². The molecule has 1 heterocycles. The second-order valence-electron chi connectivity index (χ2n) is 3.74. The standard InChI is InChI=1S/C13H13N3S/c1-10-8-12(3-2-11(10)9-14)15-5-4-13-16-6-7-17-13/h2-3,6-8,15H,4-5H2,1H3. The number of nitrogens with one attached hydrogen (secondary N) is 1. The Morgan fingerprint density at radius 2 is 2.35 bits per heavy atom. The molecule has 0 saturated heterocycles. The van der Waals surface area contributed by atoms with Crippen LogP contribution in [0.3, 0.4) is 0 Å². The Kier molecular flexibility index (Phi) is 3.73. The molecule has 0 fully saturated rings. The van der Waals surface area contributed by atoms with Crippen molar-refractivity contribution in [2.45, 2.75) is 13.3 Å². The molecule has 0 aliphatic rings. The Labute approximate surface area is 105 Å². The van der Waals surface area contributed by atoms with Gasteiger partial charge in [-0.25, -0.2) is 4.98 Å². The average Bonchev–Trinajstić information content (AvgIpc) is 2.82. The van der Waals surface area contributed by atoms with Gasteiger partial charge in [-0.3, -0.25) is 0 Å². The van der Waals surface area contributed by atoms with E-state index < -0.39 is 0 Å². The number of thiazole rings is 1. The first-order valence-corrected chi connectivity index (χ1v) is 6.30. The van der Waals surface area contributed by atoms with Gasteiger partial charge in [0.25, 0.3) is 0 Å². The average molecular weight is 243 g/mol. The highest BCUT2D eigenvalue weighted by Crippen LogP contribution is 2.14. The third-order valence-corrected chi connectivity index (χ3v) is 3.34. The van der Waals surface area contributed by atoms with Crippen molar-refractivity contribution in [2.24, 2.45) is 0 Å². The summed E-state index contributed by atoms with van der Waals surface area (Å²) >= 11 is 1.67. The monoisotopic (exact) mass is 243 g/mol. The fourth-order valence-corrected chi connectivity index (χ4v) is 2.21. The first kappa shape index (κ1) is 11.6. The van der Waals surface area contributed by atoms with Gasteiger partial charge >= 0.3 is 0 Å². The lowest BCUT2D eigenvalue weighted by Gasteiger charge is -2.06. The van der Waals surface area contributed by atoms with Crippen LogP contribution in [0.5, 0.6) is 0 Å². The van der Waals surface area contributed by atoms with E-state index in [2.05, 4.69) is 16.4 Å². The molecular weight excluding hydrogens is 230 g/mol. The normalized spacial score (nSPS) is 9.88. The van der Waals surface area contributed by atoms with Gasteiger partial charge in [0.15, 0.2) is 0 Å². The molecule has 4 heteroatoms. The molecule has 3 nitrogen and oxygen atoms in total. The fraction of sp³-hybridized carbons (Fsp3) is 0.231. The van der Waals surface area contributed by atoms with Crippen LogP contribution in [0.25, 0.3) is 0 Å². The summed E-state index contributed by atoms with van der Waals surface area (Å²) in [5, 5.41) is 15.3. The van der Waals surface area contributed by atoms with Gasteiger partial charge in [-0.2, -0.15) is 5.26 Å². The van der Waals surface area contributed by atoms with Gasteiger partial charge in [0.2, 0.25) is 0 Å². The van der Waals surface area contributed by atoms with Crippen molar-refractivity contribution < 1.29 is 0 Å². The smallest absolute Gasteiger partial charge is 0.0994 e. The van der Waals surface area contributed by atoms with Crippen molar-refractivity contribution in [3.8, 4) is 6.07 Å². The van der Waals surface area contributed by atoms with Crippen LogP contribution in [0, 0.1) is 18.3 Å². The highest BCUT2D eigenvalue weighted by Gasteiger charge is 1.99. The summed E-state index contributed by atoms with van der Waals surface area (Å²) < 4.78 is 0. The Hall–Kier alpha value is -1.86. The fourth-order valence-electron chi connectivity index (χ4n) is 1.59. The largest absolute Gasteiger partial charge is 0.385 e. The molecule has 2 rings (SSSR count). The van der Waals surface area contributed by atoms with E-state index in [9.17, 15) is 0 Å². The molecule has 1 N–H and O–H groups in total. The van der Waals surface area contributed by atoms with Crippen molar-refractivity contribution in [3.63, 3.8) is 0 Å². The summed E-state index contributed by atoms with van der Waals surface area (Å²) in [6.07, 6.45) is 2.75. The van der Waals surface area contributed by atoms with Crippen LogP contribution in [-0.4, -0.2) is 11.5 Å². The Morgan fingerprint density at radius 3 is 3.00 bits per heavy atom. The van der Waals surface area contributed by atoms with Gasteiger partial charge in [0.1, 0.15) is 0 Å². The SMILES string of the molecule is Cc1cc(NCCc2nccs2)ccc1C#N. The van der Waals surface area contributed by atoms with Gasteiger partial charge < -0.3 is 5.32 Å². The predicted octanol–water partition coefficient (Wildman–Crippen LogP) is 2.98. The zero-order valence-electron chi connectivity index (χ0n) is 9.60. The second kappa shape index (κ2) is 5.46. The molecule has 0 aliphatic carbocycles. The number of rotatable bonds is 4. The molecular formula is C13H13N3S. The first-order valence-electron chi connectivity index (χ1n) is 5.42. The van der Waals surface area contributed by atoms with Gasteiger partial charge in [-0.15, -0.1) is 11.3 Å². The van der Waals surface area contributed by atoms with Crippen LogP contribution in [0.1, 0.15) is 16.1 Å². The minimum absolute atomic E-state index is 0.732. The molecule has 86 valence electrons. The number of hydrogen-bond donors (Lipinski definition) is 1. The summed E-state index contributed by atoms with van der Waals surface area (Å²) in [5.74, 6) is 0. The lowest BCUT2D eigenvalue weighted by Crippen LogP contribution is -2.04. The number of anilines is 1. The Balaban J connectivity index is 1.91. The number of nitrogens with zero attached hydrogens (tertiary/aromatic N) is 2. The van der Waals surface area contributed by atoms with E-state index in [0.29, 0.717) is 0 Å². The van der Waals surface area contributed by atoms with Gasteiger partial charge in [0, 0.05) is 30.2 Å². The van der Waals surface area contributed by atoms with Crippen LogP contribution in [0.15, 0.2) is 29.8 Å². The summed E-state index contributed by atoms with van der Waals surface area (Å²) in [4.78, 5) is 4.23. The molecule has 0 radical (unpaired) electrons. The number of nitriles is 1. The van der Waals surface area contributed by atoms with Crippen LogP contribution < -0.4 is 5.32 Å². The maximum Gasteiger partial charge on any atom is 0.0994 e. The topological polar surface area (TPSA) is 48.7 Å². The molecule has 1 aromatic heterocycles. The molecule has 2 aromatic rings. The zero-order valence-corrected chi connectivity index (χ0v) is 10.4. The number of aryl methyl sites for hydroxylation is 1. The van der Waals surface area contributed by atoms with E-state index in [1.165, 1.54) is 0 Å². The Morgan fingerprint density at radius 1 is 1.47 bits per heavy atom. The number of hydrogen-bond acceptors (Lipinski definition) is 4. The van der Waals surface area contributed by atoms with E-state index in [1.807, 2.05) is 36.7 Å². The van der Waals surface area contributed by atoms with Crippen molar-refractivity contribution >= 4 is 17.0 Å². The number of benzene rings is 1. The zero-order chi connectivity index (χ0) is 12.1. The third kappa shape index (κ3) is 3.05. The maximum atomic E-state index is 8.83. The molecule has 1 aromatic carbocycles. The predicted molar refractivity (Wildman–Crippen MR) is 70.2 cm³/mol. The molecule has 0 saturated carbocycles. The van der Waals surface area contributed by atoms with Crippen LogP contribution in [0.4, 0.5) is 5.69 Å². The summed E-state index contributed by atoms with van der Waals surface area (Å²) in [6.45, 7) is 2.81. The Bertz CT molecular complexity index is 526. The maximum absolute atomic E-state index is 8.83.